The Hall–Kier alpha value is -2.57. The number of nitrogens with one attached hydrogen (secondary N) is 1. The summed E-state index contributed by atoms with van der Waals surface area (Å²) in [6, 6.07) is 3.96. The molecule has 1 saturated carbocycles. The number of hydroxylamine groups is 1. The summed E-state index contributed by atoms with van der Waals surface area (Å²) in [5.74, 6) is 2.14. The van der Waals surface area contributed by atoms with Crippen molar-refractivity contribution in [1.82, 2.24) is 14.9 Å². The number of rotatable bonds is 4. The number of aromatic nitrogens is 2. The van der Waals surface area contributed by atoms with Gasteiger partial charge >= 0.3 is 6.47 Å². The van der Waals surface area contributed by atoms with Gasteiger partial charge in [0.05, 0.1) is 12.8 Å². The van der Waals surface area contributed by atoms with Gasteiger partial charge < -0.3 is 14.0 Å². The summed E-state index contributed by atoms with van der Waals surface area (Å²) in [5, 5.41) is 0. The van der Waals surface area contributed by atoms with Crippen molar-refractivity contribution in [1.29, 1.82) is 0 Å². The van der Waals surface area contributed by atoms with Gasteiger partial charge in [-0.15, -0.1) is 0 Å². The SMILES string of the molecule is CN=C(C)NOC=O.COc1ccn2c(C)c(C3CC3)nc2c1. The summed E-state index contributed by atoms with van der Waals surface area (Å²) in [5.41, 5.74) is 5.80. The van der Waals surface area contributed by atoms with E-state index in [4.69, 9.17) is 4.74 Å². The molecule has 1 aliphatic rings. The second-order valence-corrected chi connectivity index (χ2v) is 5.28. The number of carbonyl (C=O) groups excluding carboxylic acids is 1. The van der Waals surface area contributed by atoms with Crippen LogP contribution >= 0.6 is 0 Å². The molecule has 1 aliphatic carbocycles. The Balaban J connectivity index is 0.000000207. The Morgan fingerprint density at radius 1 is 1.52 bits per heavy atom. The maximum atomic E-state index is 9.49. The Labute approximate surface area is 135 Å². The van der Waals surface area contributed by atoms with Crippen molar-refractivity contribution in [2.75, 3.05) is 14.2 Å². The van der Waals surface area contributed by atoms with Gasteiger partial charge in [0.15, 0.2) is 0 Å². The van der Waals surface area contributed by atoms with Crippen LogP contribution in [0.1, 0.15) is 37.1 Å². The smallest absolute Gasteiger partial charge is 0.320 e. The molecule has 0 unspecified atom stereocenters. The molecule has 1 fully saturated rings. The van der Waals surface area contributed by atoms with Gasteiger partial charge in [-0.25, -0.2) is 10.5 Å². The van der Waals surface area contributed by atoms with Crippen LogP contribution in [0.5, 0.6) is 5.75 Å². The van der Waals surface area contributed by atoms with E-state index >= 15 is 0 Å². The number of aliphatic imine (C=N–C) groups is 1. The number of amidine groups is 1. The highest BCUT2D eigenvalue weighted by Gasteiger charge is 2.28. The molecule has 0 aromatic carbocycles. The number of imidazole rings is 1. The lowest BCUT2D eigenvalue weighted by Crippen LogP contribution is -2.19. The first kappa shape index (κ1) is 16.8. The minimum atomic E-state index is 0.300. The van der Waals surface area contributed by atoms with Gasteiger partial charge in [0.25, 0.3) is 0 Å². The van der Waals surface area contributed by atoms with Crippen molar-refractivity contribution in [3.8, 4) is 5.75 Å². The fourth-order valence-electron chi connectivity index (χ4n) is 2.19. The molecule has 0 spiro atoms. The minimum absolute atomic E-state index is 0.300. The van der Waals surface area contributed by atoms with Crippen LogP contribution in [0, 0.1) is 6.92 Å². The van der Waals surface area contributed by atoms with Gasteiger partial charge in [0.1, 0.15) is 17.2 Å². The minimum Gasteiger partial charge on any atom is -0.497 e. The topological polar surface area (TPSA) is 77.2 Å². The van der Waals surface area contributed by atoms with E-state index in [0.717, 1.165) is 11.4 Å². The lowest BCUT2D eigenvalue weighted by atomic mass is 10.2. The van der Waals surface area contributed by atoms with Gasteiger partial charge in [-0.2, -0.15) is 0 Å². The van der Waals surface area contributed by atoms with Crippen LogP contribution in [-0.2, 0) is 9.63 Å². The Kier molecular flexibility index (Phi) is 5.56. The summed E-state index contributed by atoms with van der Waals surface area (Å²) in [4.78, 5) is 21.9. The van der Waals surface area contributed by atoms with Crippen molar-refractivity contribution in [3.63, 3.8) is 0 Å². The third-order valence-corrected chi connectivity index (χ3v) is 3.66. The molecule has 0 atom stereocenters. The molecule has 0 aliphatic heterocycles. The summed E-state index contributed by atoms with van der Waals surface area (Å²) in [7, 11) is 3.28. The monoisotopic (exact) mass is 318 g/mol. The molecule has 0 amide bonds. The van der Waals surface area contributed by atoms with E-state index in [1.165, 1.54) is 24.2 Å². The van der Waals surface area contributed by atoms with Crippen molar-refractivity contribution >= 4 is 18.0 Å². The molecule has 7 heteroatoms. The zero-order valence-electron chi connectivity index (χ0n) is 13.9. The molecule has 2 aromatic rings. The molecule has 2 heterocycles. The van der Waals surface area contributed by atoms with E-state index in [0.29, 0.717) is 18.2 Å². The van der Waals surface area contributed by atoms with Crippen molar-refractivity contribution in [2.45, 2.75) is 32.6 Å². The molecule has 0 bridgehead atoms. The van der Waals surface area contributed by atoms with E-state index in [-0.39, 0.29) is 0 Å². The zero-order valence-corrected chi connectivity index (χ0v) is 13.9. The molecule has 1 N–H and O–H groups in total. The first-order chi connectivity index (χ1) is 11.1. The second-order valence-electron chi connectivity index (χ2n) is 5.28. The van der Waals surface area contributed by atoms with Gasteiger partial charge in [0, 0.05) is 30.9 Å². The number of hydrogen-bond acceptors (Lipinski definition) is 5. The fourth-order valence-corrected chi connectivity index (χ4v) is 2.19. The predicted molar refractivity (Wildman–Crippen MR) is 87.8 cm³/mol. The molecule has 0 radical (unpaired) electrons. The summed E-state index contributed by atoms with van der Waals surface area (Å²) in [6.45, 7) is 4.12. The van der Waals surface area contributed by atoms with Gasteiger partial charge in [-0.3, -0.25) is 9.79 Å². The third kappa shape index (κ3) is 4.21. The number of aryl methyl sites for hydroxylation is 1. The summed E-state index contributed by atoms with van der Waals surface area (Å²) >= 11 is 0. The normalized spacial score (nSPS) is 14.0. The van der Waals surface area contributed by atoms with Crippen LogP contribution < -0.4 is 10.2 Å². The largest absolute Gasteiger partial charge is 0.497 e. The quantitative estimate of drug-likeness (QED) is 0.405. The van der Waals surface area contributed by atoms with E-state index in [1.54, 1.807) is 21.1 Å². The zero-order chi connectivity index (χ0) is 16.8. The lowest BCUT2D eigenvalue weighted by Gasteiger charge is -2.00. The highest BCUT2D eigenvalue weighted by Crippen LogP contribution is 2.41. The third-order valence-electron chi connectivity index (χ3n) is 3.66. The lowest BCUT2D eigenvalue weighted by molar-refractivity contribution is -0.132. The molecule has 7 nitrogen and oxygen atoms in total. The second kappa shape index (κ2) is 7.62. The fraction of sp³-hybridized carbons (Fsp3) is 0.438. The number of methoxy groups -OCH3 is 1. The number of carbonyl (C=O) groups is 1. The number of hydrogen-bond donors (Lipinski definition) is 1. The Bertz CT molecular complexity index is 705. The first-order valence-electron chi connectivity index (χ1n) is 7.42. The van der Waals surface area contributed by atoms with Crippen LogP contribution in [0.3, 0.4) is 0 Å². The predicted octanol–water partition coefficient (Wildman–Crippen LogP) is 2.24. The highest BCUT2D eigenvalue weighted by atomic mass is 16.7. The number of nitrogens with zero attached hydrogens (tertiary/aromatic N) is 3. The van der Waals surface area contributed by atoms with Crippen molar-refractivity contribution in [2.24, 2.45) is 4.99 Å². The number of pyridine rings is 1. The van der Waals surface area contributed by atoms with E-state index in [2.05, 4.69) is 31.6 Å². The van der Waals surface area contributed by atoms with Crippen LogP contribution in [0.2, 0.25) is 0 Å². The van der Waals surface area contributed by atoms with E-state index in [9.17, 15) is 4.79 Å². The average molecular weight is 318 g/mol. The standard InChI is InChI=1S/C12H14N2O.C4H8N2O2/c1-8-12(9-3-4-9)13-11-7-10(15-2)5-6-14(8)11;1-4(5-2)6-8-3-7/h5-7,9H,3-4H2,1-2H3;3H,1-2H3,(H,5,6). The average Bonchev–Trinajstić information content (AvgIpc) is 3.37. The summed E-state index contributed by atoms with van der Waals surface area (Å²) in [6.07, 6.45) is 4.62. The Morgan fingerprint density at radius 2 is 2.26 bits per heavy atom. The van der Waals surface area contributed by atoms with Gasteiger partial charge in [-0.1, -0.05) is 0 Å². The van der Waals surface area contributed by atoms with E-state index < -0.39 is 0 Å². The number of ether oxygens (including phenoxy) is 1. The maximum Gasteiger partial charge on any atom is 0.320 e. The van der Waals surface area contributed by atoms with Crippen LogP contribution in [0.15, 0.2) is 23.3 Å². The van der Waals surface area contributed by atoms with Crippen molar-refractivity contribution in [3.05, 3.63) is 29.7 Å². The van der Waals surface area contributed by atoms with Crippen LogP contribution in [0.4, 0.5) is 0 Å². The van der Waals surface area contributed by atoms with Crippen LogP contribution in [-0.4, -0.2) is 35.8 Å². The molecule has 23 heavy (non-hydrogen) atoms. The van der Waals surface area contributed by atoms with E-state index in [1.807, 2.05) is 18.3 Å². The van der Waals surface area contributed by atoms with Gasteiger partial charge in [0.2, 0.25) is 0 Å². The van der Waals surface area contributed by atoms with Crippen molar-refractivity contribution < 1.29 is 14.4 Å². The van der Waals surface area contributed by atoms with Gasteiger partial charge in [-0.05, 0) is 32.8 Å². The summed E-state index contributed by atoms with van der Waals surface area (Å²) < 4.78 is 7.33. The maximum absolute atomic E-state index is 9.49. The Morgan fingerprint density at radius 3 is 2.83 bits per heavy atom. The first-order valence-corrected chi connectivity index (χ1v) is 7.42. The molecule has 0 saturated heterocycles. The van der Waals surface area contributed by atoms with Crippen LogP contribution in [0.25, 0.3) is 5.65 Å². The molecule has 2 aromatic heterocycles. The molecule has 3 rings (SSSR count). The number of fused-ring (bicyclic) bond motifs is 1. The molecular weight excluding hydrogens is 296 g/mol. The molecular formula is C16H22N4O3. The molecule has 124 valence electrons. The highest BCUT2D eigenvalue weighted by molar-refractivity contribution is 5.78.